The van der Waals surface area contributed by atoms with Crippen molar-refractivity contribution in [3.05, 3.63) is 97.0 Å². The van der Waals surface area contributed by atoms with Crippen LogP contribution in [-0.4, -0.2) is 53.7 Å². The molecule has 3 atom stereocenters. The van der Waals surface area contributed by atoms with Gasteiger partial charge in [0.05, 0.1) is 35.8 Å². The highest BCUT2D eigenvalue weighted by atomic mass is 32.2. The number of methoxy groups -OCH3 is 2. The van der Waals surface area contributed by atoms with Gasteiger partial charge in [0.1, 0.15) is 11.0 Å². The van der Waals surface area contributed by atoms with Crippen molar-refractivity contribution in [3.63, 3.8) is 0 Å². The number of nitro benzene ring substituents is 1. The summed E-state index contributed by atoms with van der Waals surface area (Å²) in [5.41, 5.74) is 1.21. The fourth-order valence-corrected chi connectivity index (χ4v) is 7.88. The van der Waals surface area contributed by atoms with Gasteiger partial charge in [-0.3, -0.25) is 29.3 Å². The summed E-state index contributed by atoms with van der Waals surface area (Å²) in [5.74, 6) is -1.72. The molecule has 0 saturated carbocycles. The van der Waals surface area contributed by atoms with Crippen LogP contribution in [0.4, 0.5) is 17.1 Å². The number of thioether (sulfide) groups is 1. The highest BCUT2D eigenvalue weighted by molar-refractivity contribution is 8.00. The van der Waals surface area contributed by atoms with E-state index in [4.69, 9.17) is 14.2 Å². The van der Waals surface area contributed by atoms with E-state index in [1.54, 1.807) is 49.6 Å². The Labute approximate surface area is 263 Å². The molecular formula is C30H24N4O9S2. The van der Waals surface area contributed by atoms with Crippen molar-refractivity contribution in [2.75, 3.05) is 31.0 Å². The second kappa shape index (κ2) is 12.1. The summed E-state index contributed by atoms with van der Waals surface area (Å²) in [7, 11) is 2.98. The van der Waals surface area contributed by atoms with Crippen molar-refractivity contribution in [1.82, 2.24) is 4.98 Å². The minimum Gasteiger partial charge on any atom is -0.497 e. The number of amides is 3. The number of fused-ring (bicyclic) bond motifs is 2. The molecule has 230 valence electrons. The Kier molecular flexibility index (Phi) is 8.03. The van der Waals surface area contributed by atoms with Gasteiger partial charge in [0.15, 0.2) is 18.1 Å². The maximum Gasteiger partial charge on any atom is 0.305 e. The number of carbonyl (C=O) groups is 3. The number of aromatic nitrogens is 1. The van der Waals surface area contributed by atoms with E-state index >= 15 is 0 Å². The number of non-ortho nitro benzene ring substituents is 1. The molecule has 0 spiro atoms. The van der Waals surface area contributed by atoms with E-state index < -0.39 is 39.7 Å². The maximum absolute atomic E-state index is 13.9. The van der Waals surface area contributed by atoms with Gasteiger partial charge in [-0.2, -0.15) is 0 Å². The van der Waals surface area contributed by atoms with Crippen LogP contribution in [0.15, 0.2) is 76.6 Å². The zero-order valence-corrected chi connectivity index (χ0v) is 25.3. The Hall–Kier alpha value is -5.15. The standard InChI is InChI=1S/C30H24N4O9S2/c1-41-19-10-4-16(5-11-19)31-22(35)14-43-20-12-3-15(13-21(20)42-2)23-24-26(44-27-25(23)45-30(38)32-27)29(37)33(28(24)36)17-6-8-18(9-7-17)34(39)40/h3-13,23-24,26H,14H2,1-2H3,(H,31,35)(H,32,38). The van der Waals surface area contributed by atoms with Gasteiger partial charge >= 0.3 is 4.87 Å². The Balaban J connectivity index is 1.27. The van der Waals surface area contributed by atoms with Crippen molar-refractivity contribution in [1.29, 1.82) is 0 Å². The Bertz CT molecular complexity index is 1870. The van der Waals surface area contributed by atoms with Gasteiger partial charge in [0.25, 0.3) is 11.6 Å². The van der Waals surface area contributed by atoms with E-state index in [1.807, 2.05) is 0 Å². The first-order valence-corrected chi connectivity index (χ1v) is 15.1. The molecule has 2 aliphatic rings. The number of nitrogens with one attached hydrogen (secondary N) is 2. The number of rotatable bonds is 9. The molecule has 0 aliphatic carbocycles. The third-order valence-corrected chi connectivity index (χ3v) is 9.82. The van der Waals surface area contributed by atoms with Crippen LogP contribution in [0.2, 0.25) is 0 Å². The van der Waals surface area contributed by atoms with Crippen molar-refractivity contribution >= 4 is 57.9 Å². The predicted octanol–water partition coefficient (Wildman–Crippen LogP) is 4.18. The lowest BCUT2D eigenvalue weighted by molar-refractivity contribution is -0.384. The summed E-state index contributed by atoms with van der Waals surface area (Å²) in [6, 6.07) is 17.0. The number of carbonyl (C=O) groups excluding carboxylic acids is 3. The van der Waals surface area contributed by atoms with Gasteiger partial charge in [-0.05, 0) is 54.1 Å². The highest BCUT2D eigenvalue weighted by Crippen LogP contribution is 2.53. The quantitative estimate of drug-likeness (QED) is 0.153. The van der Waals surface area contributed by atoms with Crippen LogP contribution in [0.3, 0.4) is 0 Å². The SMILES string of the molecule is COc1ccc(NC(=O)COc2ccc(C3c4sc(=O)[nH]c4SC4C(=O)N(c5ccc([N+](=O)[O-])cc5)C(=O)C43)cc2OC)cc1. The van der Waals surface area contributed by atoms with Crippen LogP contribution < -0.4 is 29.3 Å². The van der Waals surface area contributed by atoms with E-state index in [9.17, 15) is 29.3 Å². The molecule has 2 N–H and O–H groups in total. The summed E-state index contributed by atoms with van der Waals surface area (Å²) in [6.45, 7) is -0.312. The molecule has 45 heavy (non-hydrogen) atoms. The number of anilines is 2. The molecule has 2 aliphatic heterocycles. The van der Waals surface area contributed by atoms with Crippen LogP contribution in [0.1, 0.15) is 16.4 Å². The Morgan fingerprint density at radius 2 is 1.71 bits per heavy atom. The second-order valence-electron chi connectivity index (χ2n) is 10.0. The molecule has 0 radical (unpaired) electrons. The van der Waals surface area contributed by atoms with E-state index in [-0.39, 0.29) is 34.4 Å². The van der Waals surface area contributed by atoms with Gasteiger partial charge in [-0.25, -0.2) is 4.90 Å². The first kappa shape index (κ1) is 29.9. The summed E-state index contributed by atoms with van der Waals surface area (Å²) >= 11 is 2.08. The van der Waals surface area contributed by atoms with E-state index in [0.29, 0.717) is 26.9 Å². The molecule has 3 aromatic carbocycles. The minimum absolute atomic E-state index is 0.171. The van der Waals surface area contributed by atoms with Gasteiger partial charge in [-0.15, -0.1) is 0 Å². The maximum atomic E-state index is 13.9. The van der Waals surface area contributed by atoms with Gasteiger partial charge in [0, 0.05) is 28.6 Å². The molecule has 13 nitrogen and oxygen atoms in total. The summed E-state index contributed by atoms with van der Waals surface area (Å²) < 4.78 is 16.4. The summed E-state index contributed by atoms with van der Waals surface area (Å²) in [6.07, 6.45) is 0. The first-order valence-electron chi connectivity index (χ1n) is 13.4. The zero-order valence-electron chi connectivity index (χ0n) is 23.7. The topological polar surface area (TPSA) is 170 Å². The summed E-state index contributed by atoms with van der Waals surface area (Å²) in [4.78, 5) is 67.2. The van der Waals surface area contributed by atoms with Crippen LogP contribution in [-0.2, 0) is 14.4 Å². The molecule has 3 unspecified atom stereocenters. The largest absolute Gasteiger partial charge is 0.497 e. The summed E-state index contributed by atoms with van der Waals surface area (Å²) in [5, 5.41) is 13.5. The van der Waals surface area contributed by atoms with Gasteiger partial charge in [0.2, 0.25) is 11.8 Å². The van der Waals surface area contributed by atoms with Crippen molar-refractivity contribution in [2.45, 2.75) is 16.2 Å². The lowest BCUT2D eigenvalue weighted by Crippen LogP contribution is -2.32. The second-order valence-corrected chi connectivity index (χ2v) is 12.2. The molecule has 3 heterocycles. The predicted molar refractivity (Wildman–Crippen MR) is 166 cm³/mol. The molecule has 0 bridgehead atoms. The number of nitrogens with zero attached hydrogens (tertiary/aromatic N) is 2. The number of benzene rings is 3. The zero-order chi connectivity index (χ0) is 31.8. The minimum atomic E-state index is -0.872. The monoisotopic (exact) mass is 648 g/mol. The average Bonchev–Trinajstić information content (AvgIpc) is 3.54. The van der Waals surface area contributed by atoms with Gasteiger partial charge < -0.3 is 24.5 Å². The molecule has 4 aromatic rings. The van der Waals surface area contributed by atoms with Crippen molar-refractivity contribution in [2.24, 2.45) is 5.92 Å². The molecule has 1 fully saturated rings. The van der Waals surface area contributed by atoms with E-state index in [1.165, 1.54) is 31.4 Å². The molecule has 1 aromatic heterocycles. The van der Waals surface area contributed by atoms with Crippen molar-refractivity contribution < 1.29 is 33.5 Å². The lowest BCUT2D eigenvalue weighted by Gasteiger charge is -2.30. The van der Waals surface area contributed by atoms with Crippen LogP contribution in [0, 0.1) is 16.0 Å². The molecular weight excluding hydrogens is 624 g/mol. The highest BCUT2D eigenvalue weighted by Gasteiger charge is 2.56. The number of thiazole rings is 1. The van der Waals surface area contributed by atoms with Gasteiger partial charge in [-0.1, -0.05) is 29.2 Å². The number of hydrogen-bond acceptors (Lipinski definition) is 11. The normalized spacial score (nSPS) is 18.6. The number of ether oxygens (including phenoxy) is 3. The fraction of sp³-hybridized carbons (Fsp3) is 0.200. The molecule has 3 amide bonds. The molecule has 1 saturated heterocycles. The first-order chi connectivity index (χ1) is 21.7. The van der Waals surface area contributed by atoms with Crippen LogP contribution in [0.25, 0.3) is 0 Å². The number of H-pyrrole nitrogens is 1. The van der Waals surface area contributed by atoms with Crippen LogP contribution >= 0.6 is 23.1 Å². The number of nitro groups is 1. The van der Waals surface area contributed by atoms with Crippen LogP contribution in [0.5, 0.6) is 17.2 Å². The number of hydrogen-bond donors (Lipinski definition) is 2. The fourth-order valence-electron chi connectivity index (χ4n) is 5.37. The third kappa shape index (κ3) is 5.62. The lowest BCUT2D eigenvalue weighted by atomic mass is 9.83. The molecule has 6 rings (SSSR count). The third-order valence-electron chi connectivity index (χ3n) is 7.42. The number of aromatic amines is 1. The Morgan fingerprint density at radius 3 is 2.38 bits per heavy atom. The molecule has 15 heteroatoms. The average molecular weight is 649 g/mol. The van der Waals surface area contributed by atoms with Crippen molar-refractivity contribution in [3.8, 4) is 17.2 Å². The smallest absolute Gasteiger partial charge is 0.305 e. The van der Waals surface area contributed by atoms with E-state index in [2.05, 4.69) is 10.3 Å². The van der Waals surface area contributed by atoms with E-state index in [0.717, 1.165) is 28.0 Å². The number of imide groups is 1. The Morgan fingerprint density at radius 1 is 0.978 bits per heavy atom.